The van der Waals surface area contributed by atoms with Gasteiger partial charge in [-0.2, -0.15) is 4.31 Å². The van der Waals surface area contributed by atoms with E-state index in [-0.39, 0.29) is 16.6 Å². The first-order chi connectivity index (χ1) is 9.75. The van der Waals surface area contributed by atoms with E-state index in [2.05, 4.69) is 5.32 Å². The molecule has 0 aliphatic carbocycles. The largest absolute Gasteiger partial charge is 0.314 e. The Labute approximate surface area is 124 Å². The molecule has 0 aromatic heterocycles. The average molecular weight is 313 g/mol. The third-order valence-corrected chi connectivity index (χ3v) is 5.85. The van der Waals surface area contributed by atoms with E-state index in [9.17, 15) is 18.5 Å². The topological polar surface area (TPSA) is 92.6 Å². The van der Waals surface area contributed by atoms with Crippen LogP contribution < -0.4 is 5.32 Å². The molecule has 1 heterocycles. The van der Waals surface area contributed by atoms with Crippen LogP contribution in [0.25, 0.3) is 0 Å². The van der Waals surface area contributed by atoms with Gasteiger partial charge in [-0.05, 0) is 32.4 Å². The van der Waals surface area contributed by atoms with Crippen LogP contribution in [0.2, 0.25) is 0 Å². The minimum Gasteiger partial charge on any atom is -0.314 e. The zero-order chi connectivity index (χ0) is 15.8. The van der Waals surface area contributed by atoms with Crippen molar-refractivity contribution in [1.82, 2.24) is 9.62 Å². The number of nitrogens with one attached hydrogen (secondary N) is 1. The van der Waals surface area contributed by atoms with Gasteiger partial charge in [-0.25, -0.2) is 8.42 Å². The molecule has 0 amide bonds. The molecule has 1 N–H and O–H groups in total. The summed E-state index contributed by atoms with van der Waals surface area (Å²) in [5.41, 5.74) is 0.939. The van der Waals surface area contributed by atoms with E-state index in [1.54, 1.807) is 13.8 Å². The lowest BCUT2D eigenvalue weighted by atomic mass is 10.1. The van der Waals surface area contributed by atoms with E-state index in [1.807, 2.05) is 6.92 Å². The SMILES string of the molecule is Cc1cc(S(=O)(=O)N2CCNCC2C)cc([N+](=O)[O-])c1C. The Balaban J connectivity index is 2.52. The Morgan fingerprint density at radius 2 is 2.05 bits per heavy atom. The van der Waals surface area contributed by atoms with Crippen molar-refractivity contribution in [2.45, 2.75) is 31.7 Å². The van der Waals surface area contributed by atoms with Crippen LogP contribution in [0.15, 0.2) is 17.0 Å². The third kappa shape index (κ3) is 2.92. The first-order valence-electron chi connectivity index (χ1n) is 6.73. The molecule has 8 heteroatoms. The molecule has 1 aromatic rings. The number of piperazine rings is 1. The van der Waals surface area contributed by atoms with Crippen LogP contribution >= 0.6 is 0 Å². The van der Waals surface area contributed by atoms with Gasteiger partial charge in [0.15, 0.2) is 0 Å². The summed E-state index contributed by atoms with van der Waals surface area (Å²) in [6.45, 7) is 6.64. The number of nitrogens with zero attached hydrogens (tertiary/aromatic N) is 2. The Hall–Kier alpha value is -1.51. The predicted octanol–water partition coefficient (Wildman–Crippen LogP) is 1.19. The fourth-order valence-corrected chi connectivity index (χ4v) is 4.20. The molecule has 7 nitrogen and oxygen atoms in total. The molecule has 1 atom stereocenters. The highest BCUT2D eigenvalue weighted by molar-refractivity contribution is 7.89. The van der Waals surface area contributed by atoms with Crippen LogP contribution in [-0.4, -0.2) is 43.3 Å². The monoisotopic (exact) mass is 313 g/mol. The maximum Gasteiger partial charge on any atom is 0.273 e. The zero-order valence-corrected chi connectivity index (χ0v) is 13.1. The molecule has 21 heavy (non-hydrogen) atoms. The molecule has 0 bridgehead atoms. The lowest BCUT2D eigenvalue weighted by Gasteiger charge is -2.32. The summed E-state index contributed by atoms with van der Waals surface area (Å²) < 4.78 is 26.8. The Bertz CT molecular complexity index is 672. The van der Waals surface area contributed by atoms with Gasteiger partial charge in [0.2, 0.25) is 10.0 Å². The predicted molar refractivity (Wildman–Crippen MR) is 78.8 cm³/mol. The van der Waals surface area contributed by atoms with Gasteiger partial charge in [-0.3, -0.25) is 10.1 Å². The minimum absolute atomic E-state index is 0.00829. The maximum atomic E-state index is 12.7. The molecule has 1 saturated heterocycles. The molecule has 1 aliphatic rings. The molecule has 1 fully saturated rings. The van der Waals surface area contributed by atoms with Gasteiger partial charge in [0.1, 0.15) is 0 Å². The van der Waals surface area contributed by atoms with Gasteiger partial charge < -0.3 is 5.32 Å². The quantitative estimate of drug-likeness (QED) is 0.668. The van der Waals surface area contributed by atoms with Gasteiger partial charge in [-0.15, -0.1) is 0 Å². The third-order valence-electron chi connectivity index (χ3n) is 3.86. The van der Waals surface area contributed by atoms with E-state index in [0.29, 0.717) is 30.8 Å². The lowest BCUT2D eigenvalue weighted by molar-refractivity contribution is -0.385. The average Bonchev–Trinajstić information content (AvgIpc) is 2.41. The first kappa shape index (κ1) is 15.9. The van der Waals surface area contributed by atoms with E-state index in [4.69, 9.17) is 0 Å². The summed E-state index contributed by atoms with van der Waals surface area (Å²) in [5.74, 6) is 0. The van der Waals surface area contributed by atoms with Gasteiger partial charge in [-0.1, -0.05) is 0 Å². The molecule has 116 valence electrons. The highest BCUT2D eigenvalue weighted by Gasteiger charge is 2.32. The number of sulfonamides is 1. The normalized spacial score (nSPS) is 20.4. The Kier molecular flexibility index (Phi) is 4.31. The second kappa shape index (κ2) is 5.70. The van der Waals surface area contributed by atoms with Crippen molar-refractivity contribution in [3.05, 3.63) is 33.4 Å². The number of hydrogen-bond donors (Lipinski definition) is 1. The molecule has 1 unspecified atom stereocenters. The summed E-state index contributed by atoms with van der Waals surface area (Å²) >= 11 is 0. The van der Waals surface area contributed by atoms with Crippen molar-refractivity contribution < 1.29 is 13.3 Å². The maximum absolute atomic E-state index is 12.7. The summed E-state index contributed by atoms with van der Waals surface area (Å²) in [6.07, 6.45) is 0. The Morgan fingerprint density at radius 3 is 2.62 bits per heavy atom. The van der Waals surface area contributed by atoms with E-state index in [1.165, 1.54) is 10.4 Å². The fraction of sp³-hybridized carbons (Fsp3) is 0.538. The van der Waals surface area contributed by atoms with Gasteiger partial charge in [0.25, 0.3) is 5.69 Å². The van der Waals surface area contributed by atoms with Crippen LogP contribution in [0.5, 0.6) is 0 Å². The van der Waals surface area contributed by atoms with Crippen molar-refractivity contribution >= 4 is 15.7 Å². The van der Waals surface area contributed by atoms with Crippen LogP contribution in [0, 0.1) is 24.0 Å². The van der Waals surface area contributed by atoms with Crippen molar-refractivity contribution in [3.63, 3.8) is 0 Å². The fourth-order valence-electron chi connectivity index (χ4n) is 2.46. The van der Waals surface area contributed by atoms with Crippen molar-refractivity contribution in [2.24, 2.45) is 0 Å². The standard InChI is InChI=1S/C13H19N3O4S/c1-9-6-12(7-13(11(9)3)16(17)18)21(19,20)15-5-4-14-8-10(15)2/h6-7,10,14H,4-5,8H2,1-3H3. The highest BCUT2D eigenvalue weighted by atomic mass is 32.2. The van der Waals surface area contributed by atoms with E-state index in [0.717, 1.165) is 6.07 Å². The molecule has 1 aliphatic heterocycles. The van der Waals surface area contributed by atoms with Gasteiger partial charge in [0.05, 0.1) is 9.82 Å². The summed E-state index contributed by atoms with van der Waals surface area (Å²) in [6, 6.07) is 2.49. The Morgan fingerprint density at radius 1 is 1.38 bits per heavy atom. The highest BCUT2D eigenvalue weighted by Crippen LogP contribution is 2.28. The molecule has 1 aromatic carbocycles. The van der Waals surface area contributed by atoms with Crippen molar-refractivity contribution in [1.29, 1.82) is 0 Å². The van der Waals surface area contributed by atoms with Crippen LogP contribution in [-0.2, 0) is 10.0 Å². The summed E-state index contributed by atoms with van der Waals surface area (Å²) in [5, 5.41) is 14.2. The molecule has 0 saturated carbocycles. The number of benzene rings is 1. The number of hydrogen-bond acceptors (Lipinski definition) is 5. The number of nitro benzene ring substituents is 1. The van der Waals surface area contributed by atoms with E-state index >= 15 is 0 Å². The van der Waals surface area contributed by atoms with Crippen molar-refractivity contribution in [2.75, 3.05) is 19.6 Å². The lowest BCUT2D eigenvalue weighted by Crippen LogP contribution is -2.52. The summed E-state index contributed by atoms with van der Waals surface area (Å²) in [7, 11) is -3.72. The number of nitro groups is 1. The van der Waals surface area contributed by atoms with Crippen LogP contribution in [0.1, 0.15) is 18.1 Å². The van der Waals surface area contributed by atoms with Crippen molar-refractivity contribution in [3.8, 4) is 0 Å². The molecule has 0 spiro atoms. The van der Waals surface area contributed by atoms with Crippen LogP contribution in [0.3, 0.4) is 0 Å². The first-order valence-corrected chi connectivity index (χ1v) is 8.17. The number of aryl methyl sites for hydroxylation is 1. The van der Waals surface area contributed by atoms with E-state index < -0.39 is 14.9 Å². The molecular formula is C13H19N3O4S. The van der Waals surface area contributed by atoms with Crippen LogP contribution in [0.4, 0.5) is 5.69 Å². The molecule has 0 radical (unpaired) electrons. The summed E-state index contributed by atoms with van der Waals surface area (Å²) in [4.78, 5) is 10.5. The molecule has 2 rings (SSSR count). The van der Waals surface area contributed by atoms with Gasteiger partial charge >= 0.3 is 0 Å². The smallest absolute Gasteiger partial charge is 0.273 e. The second-order valence-electron chi connectivity index (χ2n) is 5.31. The van der Waals surface area contributed by atoms with Gasteiger partial charge in [0, 0.05) is 37.3 Å². The second-order valence-corrected chi connectivity index (χ2v) is 7.20. The molecular weight excluding hydrogens is 294 g/mol. The zero-order valence-electron chi connectivity index (χ0n) is 12.3. The number of rotatable bonds is 3. The minimum atomic E-state index is -3.72.